The van der Waals surface area contributed by atoms with E-state index in [0.717, 1.165) is 16.9 Å². The highest BCUT2D eigenvalue weighted by molar-refractivity contribution is 6.05. The third kappa shape index (κ3) is 2.72. The van der Waals surface area contributed by atoms with Gasteiger partial charge in [-0.3, -0.25) is 0 Å². The van der Waals surface area contributed by atoms with Crippen molar-refractivity contribution in [3.8, 4) is 5.75 Å². The van der Waals surface area contributed by atoms with Gasteiger partial charge < -0.3 is 9.47 Å². The number of esters is 1. The molecule has 104 valence electrons. The molecule has 0 amide bonds. The van der Waals surface area contributed by atoms with E-state index in [4.69, 9.17) is 9.47 Å². The van der Waals surface area contributed by atoms with E-state index in [1.165, 1.54) is 0 Å². The molecule has 1 heterocycles. The number of hydrogen-bond acceptors (Lipinski definition) is 3. The van der Waals surface area contributed by atoms with Crippen molar-refractivity contribution in [2.24, 2.45) is 0 Å². The first kappa shape index (κ1) is 13.2. The summed E-state index contributed by atoms with van der Waals surface area (Å²) in [6.07, 6.45) is 3.53. The smallest absolute Gasteiger partial charge is 0.343 e. The van der Waals surface area contributed by atoms with E-state index in [-0.39, 0.29) is 5.97 Å². The molecule has 0 fully saturated rings. The summed E-state index contributed by atoms with van der Waals surface area (Å²) in [6.45, 7) is 0. The highest BCUT2D eigenvalue weighted by atomic mass is 16.5. The Balaban J connectivity index is 1.97. The molecule has 2 aromatic carbocycles. The molecule has 0 saturated heterocycles. The summed E-state index contributed by atoms with van der Waals surface area (Å²) in [7, 11) is 1.61. The number of carbonyl (C=O) groups excluding carboxylic acids is 1. The minimum atomic E-state index is -0.347. The number of hydrogen-bond donors (Lipinski definition) is 0. The van der Waals surface area contributed by atoms with Crippen LogP contribution in [0, 0.1) is 0 Å². The van der Waals surface area contributed by atoms with E-state index in [2.05, 4.69) is 0 Å². The molecular weight excluding hydrogens is 264 g/mol. The summed E-state index contributed by atoms with van der Waals surface area (Å²) in [4.78, 5) is 12.0. The van der Waals surface area contributed by atoms with E-state index in [1.807, 2.05) is 54.6 Å². The summed E-state index contributed by atoms with van der Waals surface area (Å²) < 4.78 is 10.6. The Labute approximate surface area is 123 Å². The van der Waals surface area contributed by atoms with Gasteiger partial charge in [-0.15, -0.1) is 0 Å². The molecule has 0 saturated carbocycles. The van der Waals surface area contributed by atoms with Crippen molar-refractivity contribution in [2.75, 3.05) is 7.11 Å². The number of cyclic esters (lactones) is 1. The van der Waals surface area contributed by atoms with Gasteiger partial charge >= 0.3 is 5.97 Å². The molecule has 1 aliphatic heterocycles. The van der Waals surface area contributed by atoms with Gasteiger partial charge in [0.2, 0.25) is 0 Å². The minimum absolute atomic E-state index is 0.347. The standard InChI is InChI=1S/C18H14O3/c1-20-16-10-6-5-9-14(16)11-15-12-17(21-18(15)19)13-7-3-2-4-8-13/h2-12H,1H3/b15-11-. The molecule has 0 aromatic heterocycles. The Morgan fingerprint density at radius 3 is 2.48 bits per heavy atom. The molecule has 0 unspecified atom stereocenters. The predicted octanol–water partition coefficient (Wildman–Crippen LogP) is 3.68. The number of methoxy groups -OCH3 is 1. The van der Waals surface area contributed by atoms with Crippen LogP contribution >= 0.6 is 0 Å². The lowest BCUT2D eigenvalue weighted by atomic mass is 10.1. The lowest BCUT2D eigenvalue weighted by Crippen LogP contribution is -1.97. The van der Waals surface area contributed by atoms with Gasteiger partial charge in [-0.05, 0) is 18.2 Å². The van der Waals surface area contributed by atoms with Gasteiger partial charge in [-0.25, -0.2) is 4.79 Å². The van der Waals surface area contributed by atoms with Gasteiger partial charge in [0.25, 0.3) is 0 Å². The molecular formula is C18H14O3. The topological polar surface area (TPSA) is 35.5 Å². The zero-order valence-corrected chi connectivity index (χ0v) is 11.6. The van der Waals surface area contributed by atoms with Crippen LogP contribution < -0.4 is 4.74 Å². The van der Waals surface area contributed by atoms with Gasteiger partial charge in [0.05, 0.1) is 12.7 Å². The largest absolute Gasteiger partial charge is 0.496 e. The molecule has 0 bridgehead atoms. The van der Waals surface area contributed by atoms with Gasteiger partial charge in [0.1, 0.15) is 11.5 Å². The van der Waals surface area contributed by atoms with Gasteiger partial charge in [-0.1, -0.05) is 48.5 Å². The first-order valence-corrected chi connectivity index (χ1v) is 6.62. The summed E-state index contributed by atoms with van der Waals surface area (Å²) in [5.74, 6) is 0.945. The number of carbonyl (C=O) groups is 1. The van der Waals surface area contributed by atoms with Crippen LogP contribution in [0.2, 0.25) is 0 Å². The maximum Gasteiger partial charge on any atom is 0.343 e. The van der Waals surface area contributed by atoms with Crippen LogP contribution in [0.1, 0.15) is 11.1 Å². The monoisotopic (exact) mass is 278 g/mol. The van der Waals surface area contributed by atoms with Crippen molar-refractivity contribution >= 4 is 17.8 Å². The summed E-state index contributed by atoms with van der Waals surface area (Å²) in [5.41, 5.74) is 2.24. The molecule has 2 aromatic rings. The molecule has 3 rings (SSSR count). The molecule has 3 nitrogen and oxygen atoms in total. The fourth-order valence-corrected chi connectivity index (χ4v) is 2.19. The van der Waals surface area contributed by atoms with Crippen LogP contribution in [0.4, 0.5) is 0 Å². The second kappa shape index (κ2) is 5.67. The van der Waals surface area contributed by atoms with Crippen molar-refractivity contribution < 1.29 is 14.3 Å². The second-order valence-electron chi connectivity index (χ2n) is 4.61. The van der Waals surface area contributed by atoms with Crippen LogP contribution in [0.25, 0.3) is 11.8 Å². The average Bonchev–Trinajstić information content (AvgIpc) is 2.90. The predicted molar refractivity (Wildman–Crippen MR) is 81.5 cm³/mol. The van der Waals surface area contributed by atoms with E-state index >= 15 is 0 Å². The molecule has 0 radical (unpaired) electrons. The van der Waals surface area contributed by atoms with Gasteiger partial charge in [0, 0.05) is 11.1 Å². The van der Waals surface area contributed by atoms with Gasteiger partial charge in [-0.2, -0.15) is 0 Å². The summed E-state index contributed by atoms with van der Waals surface area (Å²) in [5, 5.41) is 0. The van der Waals surface area contributed by atoms with Crippen LogP contribution in [0.15, 0.2) is 66.2 Å². The Morgan fingerprint density at radius 1 is 1.00 bits per heavy atom. The first-order chi connectivity index (χ1) is 10.3. The third-order valence-corrected chi connectivity index (χ3v) is 3.23. The lowest BCUT2D eigenvalue weighted by molar-refractivity contribution is -0.130. The summed E-state index contributed by atoms with van der Waals surface area (Å²) >= 11 is 0. The molecule has 21 heavy (non-hydrogen) atoms. The molecule has 0 aliphatic carbocycles. The molecule has 0 spiro atoms. The molecule has 0 N–H and O–H groups in total. The van der Waals surface area contributed by atoms with E-state index < -0.39 is 0 Å². The minimum Gasteiger partial charge on any atom is -0.496 e. The zero-order chi connectivity index (χ0) is 14.7. The van der Waals surface area contributed by atoms with Crippen LogP contribution in [-0.2, 0) is 9.53 Å². The zero-order valence-electron chi connectivity index (χ0n) is 11.6. The molecule has 0 atom stereocenters. The van der Waals surface area contributed by atoms with Gasteiger partial charge in [0.15, 0.2) is 0 Å². The molecule has 3 heteroatoms. The highest BCUT2D eigenvalue weighted by Crippen LogP contribution is 2.29. The Bertz CT molecular complexity index is 727. The van der Waals surface area contributed by atoms with Crippen molar-refractivity contribution in [1.29, 1.82) is 0 Å². The van der Waals surface area contributed by atoms with Crippen molar-refractivity contribution in [3.63, 3.8) is 0 Å². The Kier molecular flexibility index (Phi) is 3.56. The average molecular weight is 278 g/mol. The second-order valence-corrected chi connectivity index (χ2v) is 4.61. The lowest BCUT2D eigenvalue weighted by Gasteiger charge is -2.03. The normalized spacial score (nSPS) is 15.8. The first-order valence-electron chi connectivity index (χ1n) is 6.62. The summed E-state index contributed by atoms with van der Waals surface area (Å²) in [6, 6.07) is 17.1. The Hall–Kier alpha value is -2.81. The third-order valence-electron chi connectivity index (χ3n) is 3.23. The van der Waals surface area contributed by atoms with Crippen LogP contribution in [-0.4, -0.2) is 13.1 Å². The fourth-order valence-electron chi connectivity index (χ4n) is 2.19. The Morgan fingerprint density at radius 2 is 1.71 bits per heavy atom. The van der Waals surface area contributed by atoms with Crippen molar-refractivity contribution in [3.05, 3.63) is 77.4 Å². The quantitative estimate of drug-likeness (QED) is 0.634. The van der Waals surface area contributed by atoms with E-state index in [9.17, 15) is 4.79 Å². The maximum atomic E-state index is 12.0. The highest BCUT2D eigenvalue weighted by Gasteiger charge is 2.22. The van der Waals surface area contributed by atoms with Crippen LogP contribution in [0.3, 0.4) is 0 Å². The fraction of sp³-hybridized carbons (Fsp3) is 0.0556. The maximum absolute atomic E-state index is 12.0. The number of benzene rings is 2. The van der Waals surface area contributed by atoms with Crippen LogP contribution in [0.5, 0.6) is 5.75 Å². The number of ether oxygens (including phenoxy) is 2. The molecule has 1 aliphatic rings. The number of para-hydroxylation sites is 1. The van der Waals surface area contributed by atoms with E-state index in [1.54, 1.807) is 19.3 Å². The SMILES string of the molecule is COc1ccccc1/C=C1/C=C(c2ccccc2)OC1=O. The van der Waals surface area contributed by atoms with Crippen molar-refractivity contribution in [2.45, 2.75) is 0 Å². The van der Waals surface area contributed by atoms with Crippen molar-refractivity contribution in [1.82, 2.24) is 0 Å². The number of rotatable bonds is 3. The van der Waals surface area contributed by atoms with E-state index in [0.29, 0.717) is 11.3 Å².